The molecule has 0 radical (unpaired) electrons. The van der Waals surface area contributed by atoms with Crippen molar-refractivity contribution < 1.29 is 9.53 Å². The van der Waals surface area contributed by atoms with Gasteiger partial charge in [-0.15, -0.1) is 0 Å². The molecule has 0 atom stereocenters. The Morgan fingerprint density at radius 1 is 0.966 bits per heavy atom. The van der Waals surface area contributed by atoms with Crippen LogP contribution in [-0.2, 0) is 0 Å². The van der Waals surface area contributed by atoms with Crippen LogP contribution in [0.3, 0.4) is 0 Å². The first-order valence-electron chi connectivity index (χ1n) is 9.78. The number of nitrogens with one attached hydrogen (secondary N) is 1. The molecule has 1 aliphatic rings. The fraction of sp³-hybridized carbons (Fsp3) is 0.217. The zero-order valence-electron chi connectivity index (χ0n) is 16.3. The minimum Gasteiger partial charge on any atom is -0.497 e. The summed E-state index contributed by atoms with van der Waals surface area (Å²) in [4.78, 5) is 25.1. The normalized spacial score (nSPS) is 14.5. The van der Waals surface area contributed by atoms with Crippen molar-refractivity contribution in [3.8, 4) is 5.75 Å². The van der Waals surface area contributed by atoms with Crippen LogP contribution in [0.4, 0.5) is 5.82 Å². The molecular formula is C23H22N4O2. The summed E-state index contributed by atoms with van der Waals surface area (Å²) in [7, 11) is 1.64. The average molecular weight is 386 g/mol. The van der Waals surface area contributed by atoms with Gasteiger partial charge in [-0.2, -0.15) is 0 Å². The number of hydrogen-bond donors (Lipinski definition) is 1. The standard InChI is InChI=1S/C23H22N4O2/c1-29-18-7-8-20-17(14-18)15-21(24-20)23(28)27-12-10-26(11-13-27)22-9-6-16-4-2-3-5-19(16)25-22/h2-9,14-15,24H,10-13H2,1H3. The third-order valence-corrected chi connectivity index (χ3v) is 5.53. The first-order valence-corrected chi connectivity index (χ1v) is 9.78. The van der Waals surface area contributed by atoms with Crippen LogP contribution in [0.1, 0.15) is 10.5 Å². The van der Waals surface area contributed by atoms with Crippen LogP contribution < -0.4 is 9.64 Å². The van der Waals surface area contributed by atoms with Gasteiger partial charge in [0.1, 0.15) is 17.3 Å². The Morgan fingerprint density at radius 2 is 1.79 bits per heavy atom. The van der Waals surface area contributed by atoms with Gasteiger partial charge in [-0.1, -0.05) is 18.2 Å². The molecule has 1 saturated heterocycles. The van der Waals surface area contributed by atoms with Crippen LogP contribution in [0.25, 0.3) is 21.8 Å². The zero-order chi connectivity index (χ0) is 19.8. The second-order valence-corrected chi connectivity index (χ2v) is 7.28. The lowest BCUT2D eigenvalue weighted by atomic mass is 10.2. The molecule has 1 amide bonds. The van der Waals surface area contributed by atoms with Gasteiger partial charge in [0.25, 0.3) is 5.91 Å². The highest BCUT2D eigenvalue weighted by Gasteiger charge is 2.24. The van der Waals surface area contributed by atoms with E-state index in [2.05, 4.69) is 28.1 Å². The van der Waals surface area contributed by atoms with Crippen molar-refractivity contribution in [2.24, 2.45) is 0 Å². The molecule has 6 nitrogen and oxygen atoms in total. The van der Waals surface area contributed by atoms with E-state index < -0.39 is 0 Å². The third-order valence-electron chi connectivity index (χ3n) is 5.53. The lowest BCUT2D eigenvalue weighted by molar-refractivity contribution is 0.0741. The number of hydrogen-bond acceptors (Lipinski definition) is 4. The number of aromatic amines is 1. The number of para-hydroxylation sites is 1. The van der Waals surface area contributed by atoms with Gasteiger partial charge in [-0.3, -0.25) is 4.79 Å². The van der Waals surface area contributed by atoms with E-state index in [0.717, 1.165) is 46.5 Å². The van der Waals surface area contributed by atoms with Gasteiger partial charge in [0.15, 0.2) is 0 Å². The van der Waals surface area contributed by atoms with E-state index in [1.54, 1.807) is 7.11 Å². The summed E-state index contributed by atoms with van der Waals surface area (Å²) in [6.45, 7) is 2.88. The van der Waals surface area contributed by atoms with Crippen molar-refractivity contribution in [2.75, 3.05) is 38.2 Å². The van der Waals surface area contributed by atoms with Crippen molar-refractivity contribution >= 4 is 33.5 Å². The van der Waals surface area contributed by atoms with Crippen molar-refractivity contribution in [2.45, 2.75) is 0 Å². The number of methoxy groups -OCH3 is 1. The summed E-state index contributed by atoms with van der Waals surface area (Å²) in [5.41, 5.74) is 2.55. The number of fused-ring (bicyclic) bond motifs is 2. The number of carbonyl (C=O) groups excluding carboxylic acids is 1. The second-order valence-electron chi connectivity index (χ2n) is 7.28. The monoisotopic (exact) mass is 386 g/mol. The molecule has 29 heavy (non-hydrogen) atoms. The lowest BCUT2D eigenvalue weighted by Gasteiger charge is -2.35. The summed E-state index contributed by atoms with van der Waals surface area (Å²) < 4.78 is 5.27. The van der Waals surface area contributed by atoms with Gasteiger partial charge >= 0.3 is 0 Å². The SMILES string of the molecule is COc1ccc2[nH]c(C(=O)N3CCN(c4ccc5ccccc5n4)CC3)cc2c1. The Kier molecular flexibility index (Phi) is 4.31. The molecule has 6 heteroatoms. The average Bonchev–Trinajstić information content (AvgIpc) is 3.21. The van der Waals surface area contributed by atoms with E-state index in [9.17, 15) is 4.79 Å². The van der Waals surface area contributed by atoms with Crippen LogP contribution in [-0.4, -0.2) is 54.1 Å². The number of anilines is 1. The van der Waals surface area contributed by atoms with E-state index in [1.165, 1.54) is 0 Å². The number of aromatic nitrogens is 2. The number of pyridine rings is 1. The van der Waals surface area contributed by atoms with Crippen molar-refractivity contribution in [3.05, 3.63) is 66.4 Å². The summed E-state index contributed by atoms with van der Waals surface area (Å²) >= 11 is 0. The maximum absolute atomic E-state index is 13.0. The van der Waals surface area contributed by atoms with Crippen LogP contribution >= 0.6 is 0 Å². The Labute approximate surface area is 168 Å². The lowest BCUT2D eigenvalue weighted by Crippen LogP contribution is -2.49. The van der Waals surface area contributed by atoms with E-state index in [0.29, 0.717) is 18.8 Å². The second kappa shape index (κ2) is 7.13. The van der Waals surface area contributed by atoms with Crippen LogP contribution in [0.15, 0.2) is 60.7 Å². The van der Waals surface area contributed by atoms with E-state index >= 15 is 0 Å². The van der Waals surface area contributed by atoms with Gasteiger partial charge in [0, 0.05) is 42.5 Å². The van der Waals surface area contributed by atoms with E-state index in [4.69, 9.17) is 9.72 Å². The fourth-order valence-corrected chi connectivity index (χ4v) is 3.89. The van der Waals surface area contributed by atoms with Gasteiger partial charge < -0.3 is 19.5 Å². The summed E-state index contributed by atoms with van der Waals surface area (Å²) in [5, 5.41) is 2.12. The Bertz CT molecular complexity index is 1190. The molecule has 3 heterocycles. The predicted molar refractivity (Wildman–Crippen MR) is 115 cm³/mol. The summed E-state index contributed by atoms with van der Waals surface area (Å²) in [6, 6.07) is 20.0. The quantitative estimate of drug-likeness (QED) is 0.583. The molecule has 1 fully saturated rings. The number of nitrogens with zero attached hydrogens (tertiary/aromatic N) is 3. The van der Waals surface area contributed by atoms with Gasteiger partial charge in [0.2, 0.25) is 0 Å². The molecule has 0 spiro atoms. The summed E-state index contributed by atoms with van der Waals surface area (Å²) in [6.07, 6.45) is 0. The highest BCUT2D eigenvalue weighted by atomic mass is 16.5. The highest BCUT2D eigenvalue weighted by molar-refractivity contribution is 5.98. The first kappa shape index (κ1) is 17.6. The van der Waals surface area contributed by atoms with Crippen molar-refractivity contribution in [3.63, 3.8) is 0 Å². The van der Waals surface area contributed by atoms with Gasteiger partial charge in [-0.05, 0) is 42.5 Å². The molecule has 1 N–H and O–H groups in total. The number of rotatable bonds is 3. The smallest absolute Gasteiger partial charge is 0.270 e. The van der Waals surface area contributed by atoms with Crippen LogP contribution in [0.5, 0.6) is 5.75 Å². The van der Waals surface area contributed by atoms with Crippen molar-refractivity contribution in [1.82, 2.24) is 14.9 Å². The maximum atomic E-state index is 13.0. The maximum Gasteiger partial charge on any atom is 0.270 e. The van der Waals surface area contributed by atoms with Crippen LogP contribution in [0.2, 0.25) is 0 Å². The third kappa shape index (κ3) is 3.27. The number of amides is 1. The fourth-order valence-electron chi connectivity index (χ4n) is 3.89. The number of benzene rings is 2. The predicted octanol–water partition coefficient (Wildman–Crippen LogP) is 3.69. The number of carbonyl (C=O) groups is 1. The molecule has 1 aliphatic heterocycles. The minimum atomic E-state index is 0.0336. The molecule has 0 bridgehead atoms. The van der Waals surface area contributed by atoms with Gasteiger partial charge in [0.05, 0.1) is 12.6 Å². The zero-order valence-corrected chi connectivity index (χ0v) is 16.3. The molecule has 2 aromatic carbocycles. The Balaban J connectivity index is 1.30. The topological polar surface area (TPSA) is 61.5 Å². The van der Waals surface area contributed by atoms with E-state index in [1.807, 2.05) is 47.4 Å². The number of H-pyrrole nitrogens is 1. The minimum absolute atomic E-state index is 0.0336. The van der Waals surface area contributed by atoms with Crippen LogP contribution in [0, 0.1) is 0 Å². The summed E-state index contributed by atoms with van der Waals surface area (Å²) in [5.74, 6) is 1.78. The first-order chi connectivity index (χ1) is 14.2. The highest BCUT2D eigenvalue weighted by Crippen LogP contribution is 2.23. The molecule has 2 aromatic heterocycles. The molecule has 0 unspecified atom stereocenters. The number of ether oxygens (including phenoxy) is 1. The molecule has 5 rings (SSSR count). The van der Waals surface area contributed by atoms with Gasteiger partial charge in [-0.25, -0.2) is 4.98 Å². The Morgan fingerprint density at radius 3 is 2.62 bits per heavy atom. The molecule has 146 valence electrons. The Hall–Kier alpha value is -3.54. The largest absolute Gasteiger partial charge is 0.497 e. The molecule has 0 saturated carbocycles. The number of piperazine rings is 1. The molecular weight excluding hydrogens is 364 g/mol. The molecule has 0 aliphatic carbocycles. The van der Waals surface area contributed by atoms with E-state index in [-0.39, 0.29) is 5.91 Å². The van der Waals surface area contributed by atoms with Crippen molar-refractivity contribution in [1.29, 1.82) is 0 Å². The molecule has 4 aromatic rings.